The summed E-state index contributed by atoms with van der Waals surface area (Å²) >= 11 is 12.0. The molecule has 6 aromatic carbocycles. The summed E-state index contributed by atoms with van der Waals surface area (Å²) in [4.78, 5) is 47.1. The number of amides is 2. The molecule has 0 fully saturated rings. The number of hydrogen-bond acceptors (Lipinski definition) is 16. The van der Waals surface area contributed by atoms with Crippen molar-refractivity contribution in [3.05, 3.63) is 178 Å². The van der Waals surface area contributed by atoms with E-state index in [-0.39, 0.29) is 81.9 Å². The minimum atomic E-state index is -4.31. The van der Waals surface area contributed by atoms with E-state index in [1.165, 1.54) is 74.5 Å². The first-order valence-corrected chi connectivity index (χ1v) is 23.8. The molecule has 0 aliphatic rings. The molecule has 73 heavy (non-hydrogen) atoms. The number of nitrogens with zero attached hydrogens (tertiary/aromatic N) is 4. The third kappa shape index (κ3) is 15.3. The smallest absolute Gasteiger partial charge is 0.337 e. The largest absolute Gasteiger partial charge is 0.510 e. The maximum Gasteiger partial charge on any atom is 0.337 e. The van der Waals surface area contributed by atoms with Gasteiger partial charge in [-0.1, -0.05) is 71.7 Å². The van der Waals surface area contributed by atoms with Crippen molar-refractivity contribution < 1.29 is 83.4 Å². The summed E-state index contributed by atoms with van der Waals surface area (Å²) in [6, 6.07) is 29.6. The second kappa shape index (κ2) is 25.2. The van der Waals surface area contributed by atoms with Crippen LogP contribution in [0.3, 0.4) is 0 Å². The number of allylic oxidation sites excluding steroid dienone is 2. The van der Waals surface area contributed by atoms with Gasteiger partial charge in [-0.05, 0) is 98.8 Å². The van der Waals surface area contributed by atoms with E-state index in [1.54, 1.807) is 36.4 Å². The Morgan fingerprint density at radius 1 is 0.479 bits per heavy atom. The second-order valence-electron chi connectivity index (χ2n) is 14.3. The number of azo groups is 2. The van der Waals surface area contributed by atoms with Gasteiger partial charge in [0.1, 0.15) is 34.4 Å². The normalized spacial score (nSPS) is 12.0. The van der Waals surface area contributed by atoms with Gasteiger partial charge in [0.05, 0.1) is 53.7 Å². The standard InChI is InChI=1S/2C23H19ClN4O7S.Co/c2*1-13(29)21(22(31)25-18-9-5-3-7-16(18)24)27-26-19-12-14(10-11-20(19)30)36(34,35)28-17-8-4-2-6-15(17)23(32)33;/h2*2-12,28-30H,1H3,(H,25,31)(H,32,33);/b2*21-13-,27-26?;. The van der Waals surface area contributed by atoms with Crippen LogP contribution in [0.25, 0.3) is 0 Å². The van der Waals surface area contributed by atoms with Crippen LogP contribution in [-0.4, -0.2) is 71.2 Å². The van der Waals surface area contributed by atoms with Crippen molar-refractivity contribution in [3.8, 4) is 11.5 Å². The molecule has 1 radical (unpaired) electrons. The van der Waals surface area contributed by atoms with Crippen LogP contribution >= 0.6 is 23.2 Å². The Bertz CT molecular complexity index is 3230. The number of halogens is 2. The number of para-hydroxylation sites is 4. The molecule has 0 saturated heterocycles. The molecule has 6 rings (SSSR count). The van der Waals surface area contributed by atoms with Gasteiger partial charge in [0.15, 0.2) is 11.4 Å². The summed E-state index contributed by atoms with van der Waals surface area (Å²) < 4.78 is 55.7. The van der Waals surface area contributed by atoms with Crippen LogP contribution in [0.1, 0.15) is 34.6 Å². The zero-order valence-electron chi connectivity index (χ0n) is 37.3. The number of aliphatic hydroxyl groups is 2. The fraction of sp³-hybridized carbons (Fsp3) is 0.0435. The molecule has 0 saturated carbocycles. The Balaban J connectivity index is 0.000000312. The van der Waals surface area contributed by atoms with E-state index in [1.807, 2.05) is 0 Å². The zero-order valence-corrected chi connectivity index (χ0v) is 41.5. The van der Waals surface area contributed by atoms with Crippen LogP contribution in [-0.2, 0) is 46.4 Å². The van der Waals surface area contributed by atoms with E-state index in [0.717, 1.165) is 36.4 Å². The number of carboxylic acid groups (broad SMARTS) is 2. The quantitative estimate of drug-likeness (QED) is 0.0245. The van der Waals surface area contributed by atoms with Crippen molar-refractivity contribution in [1.82, 2.24) is 0 Å². The SMILES string of the molecule is C/C(O)=C(/N=Nc1cc(S(=O)(=O)Nc2ccccc2C(=O)O)ccc1O)C(=O)Nc1ccccc1Cl.C/C(O)=C(/N=Nc1cc(S(=O)(=O)Nc2ccccc2C(=O)O)ccc1O)C(=O)Nc1ccccc1Cl.[Co]. The Labute approximate surface area is 435 Å². The van der Waals surface area contributed by atoms with Crippen LogP contribution in [0.5, 0.6) is 11.5 Å². The summed E-state index contributed by atoms with van der Waals surface area (Å²) in [5.74, 6) is -6.32. The molecule has 0 heterocycles. The average Bonchev–Trinajstić information content (AvgIpc) is 3.31. The van der Waals surface area contributed by atoms with E-state index in [4.69, 9.17) is 23.2 Å². The van der Waals surface area contributed by atoms with Gasteiger partial charge in [0.2, 0.25) is 0 Å². The molecule has 0 atom stereocenters. The molecule has 0 aromatic heterocycles. The van der Waals surface area contributed by atoms with Crippen molar-refractivity contribution in [2.45, 2.75) is 23.6 Å². The molecule has 22 nitrogen and oxygen atoms in total. The predicted octanol–water partition coefficient (Wildman–Crippen LogP) is 10.1. The predicted molar refractivity (Wildman–Crippen MR) is 264 cm³/mol. The molecular formula is C46H38Cl2CoN8O14S2. The zero-order chi connectivity index (χ0) is 52.9. The third-order valence-corrected chi connectivity index (χ3v) is 12.6. The number of benzene rings is 6. The summed E-state index contributed by atoms with van der Waals surface area (Å²) in [5.41, 5.74) is -2.08. The van der Waals surface area contributed by atoms with Crippen LogP contribution in [0, 0.1) is 0 Å². The minimum absolute atomic E-state index is 0. The monoisotopic (exact) mass is 1120 g/mol. The molecule has 10 N–H and O–H groups in total. The van der Waals surface area contributed by atoms with Gasteiger partial charge in [-0.2, -0.15) is 0 Å². The number of sulfonamides is 2. The van der Waals surface area contributed by atoms with Crippen LogP contribution in [0.2, 0.25) is 10.0 Å². The number of carbonyl (C=O) groups excluding carboxylic acids is 2. The van der Waals surface area contributed by atoms with Crippen molar-refractivity contribution >= 4 is 101 Å². The first kappa shape index (κ1) is 57.2. The topological polar surface area (TPSA) is 355 Å². The summed E-state index contributed by atoms with van der Waals surface area (Å²) in [7, 11) is -8.61. The number of nitrogens with one attached hydrogen (secondary N) is 4. The number of hydrogen-bond donors (Lipinski definition) is 10. The minimum Gasteiger partial charge on any atom is -0.510 e. The summed E-state index contributed by atoms with van der Waals surface area (Å²) in [5, 5.41) is 78.8. The van der Waals surface area contributed by atoms with Gasteiger partial charge in [-0.25, -0.2) is 26.4 Å². The van der Waals surface area contributed by atoms with Crippen molar-refractivity contribution in [1.29, 1.82) is 0 Å². The Morgan fingerprint density at radius 3 is 1.11 bits per heavy atom. The number of aromatic carboxylic acids is 2. The molecule has 0 unspecified atom stereocenters. The van der Waals surface area contributed by atoms with E-state index >= 15 is 0 Å². The number of phenolic OH excluding ortho intramolecular Hbond substituents is 2. The maximum atomic E-state index is 12.8. The summed E-state index contributed by atoms with van der Waals surface area (Å²) in [6.45, 7) is 2.37. The van der Waals surface area contributed by atoms with Gasteiger partial charge in [-0.3, -0.25) is 19.0 Å². The molecule has 2 amide bonds. The first-order chi connectivity index (χ1) is 34.0. The fourth-order valence-electron chi connectivity index (χ4n) is 5.69. The third-order valence-electron chi connectivity index (χ3n) is 9.19. The molecule has 0 aliphatic heterocycles. The van der Waals surface area contributed by atoms with Crippen LogP contribution in [0.4, 0.5) is 34.1 Å². The van der Waals surface area contributed by atoms with Crippen LogP contribution in [0.15, 0.2) is 187 Å². The molecule has 27 heteroatoms. The van der Waals surface area contributed by atoms with Gasteiger partial charge in [0.25, 0.3) is 31.9 Å². The molecular weight excluding hydrogens is 1080 g/mol. The van der Waals surface area contributed by atoms with Crippen molar-refractivity contribution in [2.75, 3.05) is 20.1 Å². The van der Waals surface area contributed by atoms with E-state index in [0.29, 0.717) is 0 Å². The van der Waals surface area contributed by atoms with E-state index < -0.39 is 78.2 Å². The number of aliphatic hydroxyl groups excluding tert-OH is 2. The number of carboxylic acids is 2. The van der Waals surface area contributed by atoms with E-state index in [9.17, 15) is 66.7 Å². The fourth-order valence-corrected chi connectivity index (χ4v) is 8.25. The summed E-state index contributed by atoms with van der Waals surface area (Å²) in [6.07, 6.45) is 0. The van der Waals surface area contributed by atoms with Gasteiger partial charge >= 0.3 is 11.9 Å². The Kier molecular flexibility index (Phi) is 19.7. The first-order valence-electron chi connectivity index (χ1n) is 20.1. The maximum absolute atomic E-state index is 12.8. The average molecular weight is 1120 g/mol. The molecule has 0 bridgehead atoms. The van der Waals surface area contributed by atoms with Gasteiger partial charge < -0.3 is 41.3 Å². The van der Waals surface area contributed by atoms with Gasteiger partial charge in [0, 0.05) is 16.8 Å². The second-order valence-corrected chi connectivity index (χ2v) is 18.5. The number of anilines is 4. The van der Waals surface area contributed by atoms with Crippen molar-refractivity contribution in [3.63, 3.8) is 0 Å². The van der Waals surface area contributed by atoms with Gasteiger partial charge in [-0.15, -0.1) is 20.5 Å². The molecule has 381 valence electrons. The Morgan fingerprint density at radius 2 is 0.795 bits per heavy atom. The number of phenols is 2. The van der Waals surface area contributed by atoms with E-state index in [2.05, 4.69) is 40.5 Å². The van der Waals surface area contributed by atoms with Crippen molar-refractivity contribution in [2.24, 2.45) is 20.5 Å². The number of carbonyl (C=O) groups is 4. The number of rotatable bonds is 16. The number of aromatic hydroxyl groups is 2. The Hall–Kier alpha value is -8.33. The van der Waals surface area contributed by atoms with Crippen LogP contribution < -0.4 is 20.1 Å². The molecule has 0 spiro atoms. The molecule has 6 aromatic rings. The molecule has 0 aliphatic carbocycles.